The first-order valence-corrected chi connectivity index (χ1v) is 7.30. The number of hydrogen-bond donors (Lipinski definition) is 1. The molecule has 0 spiro atoms. The average molecular weight is 284 g/mol. The standard InChI is InChI=1S/C15H16N4S/c1-8-5-11(6-9(2)17-8)13-18-14(16-4)12-7-10(3)20-15(12)19-13/h5-7H,1-4H3,(H,16,18,19). The molecule has 0 amide bonds. The van der Waals surface area contributed by atoms with Gasteiger partial charge in [0.2, 0.25) is 0 Å². The SMILES string of the molecule is CNc1nc(-c2cc(C)nc(C)c2)nc2sc(C)cc12. The van der Waals surface area contributed by atoms with Crippen LogP contribution >= 0.6 is 11.3 Å². The van der Waals surface area contributed by atoms with E-state index in [1.54, 1.807) is 11.3 Å². The second-order valence-electron chi connectivity index (χ2n) is 4.86. The quantitative estimate of drug-likeness (QED) is 0.779. The first-order chi connectivity index (χ1) is 9.56. The molecule has 3 aromatic rings. The van der Waals surface area contributed by atoms with Crippen molar-refractivity contribution < 1.29 is 0 Å². The van der Waals surface area contributed by atoms with E-state index in [9.17, 15) is 0 Å². The molecule has 3 aromatic heterocycles. The lowest BCUT2D eigenvalue weighted by Crippen LogP contribution is -1.98. The van der Waals surface area contributed by atoms with Gasteiger partial charge in [-0.3, -0.25) is 4.98 Å². The van der Waals surface area contributed by atoms with Crippen molar-refractivity contribution in [1.29, 1.82) is 0 Å². The van der Waals surface area contributed by atoms with Crippen LogP contribution in [0, 0.1) is 20.8 Å². The highest BCUT2D eigenvalue weighted by atomic mass is 32.1. The molecule has 0 aliphatic heterocycles. The maximum absolute atomic E-state index is 4.70. The van der Waals surface area contributed by atoms with Crippen LogP contribution in [-0.4, -0.2) is 22.0 Å². The molecule has 1 N–H and O–H groups in total. The molecule has 102 valence electrons. The second-order valence-corrected chi connectivity index (χ2v) is 6.10. The van der Waals surface area contributed by atoms with Gasteiger partial charge < -0.3 is 5.32 Å². The number of nitrogens with zero attached hydrogens (tertiary/aromatic N) is 3. The van der Waals surface area contributed by atoms with Crippen molar-refractivity contribution in [1.82, 2.24) is 15.0 Å². The van der Waals surface area contributed by atoms with Gasteiger partial charge in [-0.05, 0) is 39.0 Å². The summed E-state index contributed by atoms with van der Waals surface area (Å²) in [7, 11) is 1.89. The molecule has 0 aromatic carbocycles. The van der Waals surface area contributed by atoms with Gasteiger partial charge >= 0.3 is 0 Å². The largest absolute Gasteiger partial charge is 0.372 e. The molecule has 3 heterocycles. The van der Waals surface area contributed by atoms with E-state index in [1.807, 2.05) is 33.0 Å². The lowest BCUT2D eigenvalue weighted by molar-refractivity contribution is 1.11. The zero-order valence-corrected chi connectivity index (χ0v) is 12.8. The Morgan fingerprint density at radius 1 is 0.950 bits per heavy atom. The highest BCUT2D eigenvalue weighted by Crippen LogP contribution is 2.30. The summed E-state index contributed by atoms with van der Waals surface area (Å²) in [5.41, 5.74) is 2.98. The van der Waals surface area contributed by atoms with Crippen LogP contribution in [0.25, 0.3) is 21.6 Å². The van der Waals surface area contributed by atoms with Crippen LogP contribution in [0.15, 0.2) is 18.2 Å². The van der Waals surface area contributed by atoms with E-state index >= 15 is 0 Å². The van der Waals surface area contributed by atoms with E-state index in [1.165, 1.54) is 4.88 Å². The van der Waals surface area contributed by atoms with Crippen molar-refractivity contribution in [2.45, 2.75) is 20.8 Å². The molecule has 0 unspecified atom stereocenters. The molecule has 0 aliphatic carbocycles. The fourth-order valence-corrected chi connectivity index (χ4v) is 3.20. The maximum Gasteiger partial charge on any atom is 0.163 e. The monoisotopic (exact) mass is 284 g/mol. The Bertz CT molecular complexity index is 772. The Kier molecular flexibility index (Phi) is 3.14. The molecule has 20 heavy (non-hydrogen) atoms. The van der Waals surface area contributed by atoms with Gasteiger partial charge in [0.15, 0.2) is 5.82 Å². The van der Waals surface area contributed by atoms with Crippen LogP contribution in [0.3, 0.4) is 0 Å². The number of fused-ring (bicyclic) bond motifs is 1. The van der Waals surface area contributed by atoms with E-state index in [2.05, 4.69) is 28.3 Å². The van der Waals surface area contributed by atoms with Crippen molar-refractivity contribution in [3.8, 4) is 11.4 Å². The van der Waals surface area contributed by atoms with Crippen LogP contribution in [-0.2, 0) is 0 Å². The van der Waals surface area contributed by atoms with E-state index < -0.39 is 0 Å². The van der Waals surface area contributed by atoms with Crippen LogP contribution in [0.5, 0.6) is 0 Å². The Balaban J connectivity index is 2.25. The van der Waals surface area contributed by atoms with E-state index in [4.69, 9.17) is 4.98 Å². The summed E-state index contributed by atoms with van der Waals surface area (Å²) in [6.07, 6.45) is 0. The highest BCUT2D eigenvalue weighted by Gasteiger charge is 2.11. The first-order valence-electron chi connectivity index (χ1n) is 6.48. The number of pyridine rings is 1. The smallest absolute Gasteiger partial charge is 0.163 e. The third kappa shape index (κ3) is 2.25. The van der Waals surface area contributed by atoms with Crippen molar-refractivity contribution in [3.63, 3.8) is 0 Å². The lowest BCUT2D eigenvalue weighted by atomic mass is 10.2. The van der Waals surface area contributed by atoms with Crippen molar-refractivity contribution in [3.05, 3.63) is 34.5 Å². The number of anilines is 1. The molecule has 0 atom stereocenters. The van der Waals surface area contributed by atoms with Crippen LogP contribution in [0.1, 0.15) is 16.3 Å². The molecule has 0 saturated heterocycles. The summed E-state index contributed by atoms with van der Waals surface area (Å²) in [6, 6.07) is 6.17. The van der Waals surface area contributed by atoms with E-state index in [0.29, 0.717) is 0 Å². The molecule has 0 aliphatic rings. The third-order valence-corrected chi connectivity index (χ3v) is 4.04. The zero-order chi connectivity index (χ0) is 14.3. The molecular formula is C15H16N4S. The molecule has 0 radical (unpaired) electrons. The minimum absolute atomic E-state index is 0.748. The highest BCUT2D eigenvalue weighted by molar-refractivity contribution is 7.18. The number of thiophene rings is 1. The fraction of sp³-hybridized carbons (Fsp3) is 0.267. The summed E-state index contributed by atoms with van der Waals surface area (Å²) in [5.74, 6) is 1.62. The normalized spacial score (nSPS) is 11.0. The van der Waals surface area contributed by atoms with Gasteiger partial charge in [-0.2, -0.15) is 0 Å². The second kappa shape index (κ2) is 4.83. The third-order valence-electron chi connectivity index (χ3n) is 3.09. The Morgan fingerprint density at radius 3 is 2.30 bits per heavy atom. The molecular weight excluding hydrogens is 268 g/mol. The number of aromatic nitrogens is 3. The predicted octanol–water partition coefficient (Wildman–Crippen LogP) is 3.72. The lowest BCUT2D eigenvalue weighted by Gasteiger charge is -2.07. The van der Waals surface area contributed by atoms with Crippen molar-refractivity contribution in [2.75, 3.05) is 12.4 Å². The first kappa shape index (κ1) is 13.0. The maximum atomic E-state index is 4.70. The van der Waals surface area contributed by atoms with Gasteiger partial charge in [0.25, 0.3) is 0 Å². The Morgan fingerprint density at radius 2 is 1.65 bits per heavy atom. The molecule has 4 nitrogen and oxygen atoms in total. The minimum atomic E-state index is 0.748. The summed E-state index contributed by atoms with van der Waals surface area (Å²) in [5, 5.41) is 4.25. The number of hydrogen-bond acceptors (Lipinski definition) is 5. The average Bonchev–Trinajstić information content (AvgIpc) is 2.76. The van der Waals surface area contributed by atoms with Gasteiger partial charge in [0, 0.05) is 28.9 Å². The Labute approximate surface area is 121 Å². The fourth-order valence-electron chi connectivity index (χ4n) is 2.33. The number of aryl methyl sites for hydroxylation is 3. The summed E-state index contributed by atoms with van der Waals surface area (Å²) in [4.78, 5) is 16.0. The van der Waals surface area contributed by atoms with Crippen molar-refractivity contribution >= 4 is 27.4 Å². The summed E-state index contributed by atoms with van der Waals surface area (Å²) in [6.45, 7) is 6.07. The van der Waals surface area contributed by atoms with Gasteiger partial charge in [-0.15, -0.1) is 11.3 Å². The van der Waals surface area contributed by atoms with Crippen LogP contribution < -0.4 is 5.32 Å². The van der Waals surface area contributed by atoms with Crippen LogP contribution in [0.4, 0.5) is 5.82 Å². The molecule has 0 fully saturated rings. The van der Waals surface area contributed by atoms with Crippen LogP contribution in [0.2, 0.25) is 0 Å². The van der Waals surface area contributed by atoms with Gasteiger partial charge in [0.05, 0.1) is 5.39 Å². The van der Waals surface area contributed by atoms with Gasteiger partial charge in [-0.25, -0.2) is 9.97 Å². The Hall–Kier alpha value is -2.01. The minimum Gasteiger partial charge on any atom is -0.372 e. The van der Waals surface area contributed by atoms with Crippen molar-refractivity contribution in [2.24, 2.45) is 0 Å². The molecule has 0 saturated carbocycles. The summed E-state index contributed by atoms with van der Waals surface area (Å²) < 4.78 is 0. The zero-order valence-electron chi connectivity index (χ0n) is 12.0. The molecule has 3 rings (SSSR count). The molecule has 0 bridgehead atoms. The number of nitrogens with one attached hydrogen (secondary N) is 1. The predicted molar refractivity (Wildman–Crippen MR) is 84.4 cm³/mol. The van der Waals surface area contributed by atoms with E-state index in [-0.39, 0.29) is 0 Å². The van der Waals surface area contributed by atoms with E-state index in [0.717, 1.165) is 38.8 Å². The molecule has 5 heteroatoms. The topological polar surface area (TPSA) is 50.7 Å². The summed E-state index contributed by atoms with van der Waals surface area (Å²) >= 11 is 1.69. The number of rotatable bonds is 2. The van der Waals surface area contributed by atoms with Gasteiger partial charge in [0.1, 0.15) is 10.6 Å². The van der Waals surface area contributed by atoms with Gasteiger partial charge in [-0.1, -0.05) is 0 Å².